The molecule has 0 bridgehead atoms. The van der Waals surface area contributed by atoms with Crippen molar-refractivity contribution in [2.45, 2.75) is 45.6 Å². The predicted octanol–water partition coefficient (Wildman–Crippen LogP) is 1.65. The second-order valence-electron chi connectivity index (χ2n) is 4.71. The van der Waals surface area contributed by atoms with E-state index < -0.39 is 5.54 Å². The molecule has 1 unspecified atom stereocenters. The van der Waals surface area contributed by atoms with Gasteiger partial charge in [0.2, 0.25) is 0 Å². The molecule has 0 fully saturated rings. The van der Waals surface area contributed by atoms with Crippen molar-refractivity contribution < 1.29 is 9.53 Å². The topological polar surface area (TPSA) is 41.6 Å². The molecular formula is C13H28N2O2. The Morgan fingerprint density at radius 3 is 2.47 bits per heavy atom. The number of carbonyl (C=O) groups excluding carboxylic acids is 1. The zero-order chi connectivity index (χ0) is 13.3. The summed E-state index contributed by atoms with van der Waals surface area (Å²) >= 11 is 0. The quantitative estimate of drug-likeness (QED) is 0.626. The maximum absolute atomic E-state index is 11.8. The summed E-state index contributed by atoms with van der Waals surface area (Å²) in [6.45, 7) is 8.33. The van der Waals surface area contributed by atoms with Gasteiger partial charge in [-0.15, -0.1) is 0 Å². The summed E-state index contributed by atoms with van der Waals surface area (Å²) in [7, 11) is 3.90. The lowest BCUT2D eigenvalue weighted by Gasteiger charge is -2.29. The highest BCUT2D eigenvalue weighted by atomic mass is 16.5. The van der Waals surface area contributed by atoms with Crippen molar-refractivity contribution in [2.75, 3.05) is 33.8 Å². The molecule has 0 heterocycles. The van der Waals surface area contributed by atoms with Crippen molar-refractivity contribution in [2.24, 2.45) is 0 Å². The number of nitrogens with one attached hydrogen (secondary N) is 1. The van der Waals surface area contributed by atoms with Crippen molar-refractivity contribution in [1.82, 2.24) is 10.2 Å². The number of rotatable bonds is 9. The number of hydrogen-bond donors (Lipinski definition) is 1. The third-order valence-corrected chi connectivity index (χ3v) is 3.16. The van der Waals surface area contributed by atoms with Crippen molar-refractivity contribution >= 4 is 5.97 Å². The minimum absolute atomic E-state index is 0.161. The van der Waals surface area contributed by atoms with E-state index in [2.05, 4.69) is 24.2 Å². The maximum Gasteiger partial charge on any atom is 0.326 e. The Bertz CT molecular complexity index is 221. The van der Waals surface area contributed by atoms with Gasteiger partial charge in [0.1, 0.15) is 5.54 Å². The Kier molecular flexibility index (Phi) is 8.17. The molecule has 0 aromatic heterocycles. The van der Waals surface area contributed by atoms with Crippen LogP contribution in [-0.4, -0.2) is 50.2 Å². The molecule has 0 radical (unpaired) electrons. The molecule has 0 aliphatic heterocycles. The zero-order valence-corrected chi connectivity index (χ0v) is 12.0. The van der Waals surface area contributed by atoms with Gasteiger partial charge >= 0.3 is 5.97 Å². The summed E-state index contributed by atoms with van der Waals surface area (Å²) in [5, 5.41) is 3.07. The van der Waals surface area contributed by atoms with Crippen LogP contribution >= 0.6 is 0 Å². The lowest BCUT2D eigenvalue weighted by atomic mass is 9.98. The molecule has 0 amide bonds. The molecule has 4 nitrogen and oxygen atoms in total. The largest absolute Gasteiger partial charge is 0.465 e. The minimum atomic E-state index is -0.573. The fourth-order valence-electron chi connectivity index (χ4n) is 1.57. The third-order valence-electron chi connectivity index (χ3n) is 3.16. The Balaban J connectivity index is 4.15. The first kappa shape index (κ1) is 16.4. The van der Waals surface area contributed by atoms with Crippen LogP contribution < -0.4 is 5.32 Å². The van der Waals surface area contributed by atoms with Crippen LogP contribution in [0.5, 0.6) is 0 Å². The number of esters is 1. The molecular weight excluding hydrogens is 216 g/mol. The average molecular weight is 244 g/mol. The van der Waals surface area contributed by atoms with Crippen LogP contribution in [0.15, 0.2) is 0 Å². The minimum Gasteiger partial charge on any atom is -0.465 e. The summed E-state index contributed by atoms with van der Waals surface area (Å²) in [6, 6.07) is 0. The molecule has 0 rings (SSSR count). The summed E-state index contributed by atoms with van der Waals surface area (Å²) in [5.41, 5.74) is -0.573. The normalized spacial score (nSPS) is 14.7. The maximum atomic E-state index is 11.8. The van der Waals surface area contributed by atoms with Crippen molar-refractivity contribution in [3.8, 4) is 0 Å². The SMILES string of the molecule is CCCCN(C)CCC(C)(NC)C(=O)OCC. The number of carbonyl (C=O) groups is 1. The second-order valence-corrected chi connectivity index (χ2v) is 4.71. The Hall–Kier alpha value is -0.610. The number of nitrogens with zero attached hydrogens (tertiary/aromatic N) is 1. The molecule has 17 heavy (non-hydrogen) atoms. The summed E-state index contributed by atoms with van der Waals surface area (Å²) in [4.78, 5) is 14.1. The predicted molar refractivity (Wildman–Crippen MR) is 71.1 cm³/mol. The van der Waals surface area contributed by atoms with Gasteiger partial charge < -0.3 is 15.0 Å². The summed E-state index contributed by atoms with van der Waals surface area (Å²) in [6.07, 6.45) is 3.17. The summed E-state index contributed by atoms with van der Waals surface area (Å²) in [5.74, 6) is -0.161. The van der Waals surface area contributed by atoms with Crippen molar-refractivity contribution in [3.05, 3.63) is 0 Å². The number of hydrogen-bond acceptors (Lipinski definition) is 4. The monoisotopic (exact) mass is 244 g/mol. The molecule has 0 aliphatic rings. The molecule has 0 saturated carbocycles. The van der Waals surface area contributed by atoms with E-state index in [1.54, 1.807) is 0 Å². The van der Waals surface area contributed by atoms with Gasteiger partial charge in [-0.1, -0.05) is 13.3 Å². The Morgan fingerprint density at radius 1 is 1.35 bits per heavy atom. The van der Waals surface area contributed by atoms with Gasteiger partial charge in [0, 0.05) is 6.54 Å². The smallest absolute Gasteiger partial charge is 0.326 e. The van der Waals surface area contributed by atoms with Crippen molar-refractivity contribution in [1.29, 1.82) is 0 Å². The van der Waals surface area contributed by atoms with Crippen LogP contribution in [-0.2, 0) is 9.53 Å². The molecule has 0 spiro atoms. The number of likely N-dealkylation sites (N-methyl/N-ethyl adjacent to an activating group) is 1. The zero-order valence-electron chi connectivity index (χ0n) is 12.0. The van der Waals surface area contributed by atoms with Gasteiger partial charge in [-0.2, -0.15) is 0 Å². The highest BCUT2D eigenvalue weighted by Crippen LogP contribution is 2.12. The van der Waals surface area contributed by atoms with Crippen molar-refractivity contribution in [3.63, 3.8) is 0 Å². The first-order valence-corrected chi connectivity index (χ1v) is 6.54. The van der Waals surface area contributed by atoms with Crippen LogP contribution in [0.2, 0.25) is 0 Å². The molecule has 1 atom stereocenters. The van der Waals surface area contributed by atoms with Gasteiger partial charge in [-0.3, -0.25) is 4.79 Å². The average Bonchev–Trinajstić information content (AvgIpc) is 2.33. The van der Waals surface area contributed by atoms with Crippen LogP contribution in [0, 0.1) is 0 Å². The summed E-state index contributed by atoms with van der Waals surface area (Å²) < 4.78 is 5.09. The molecule has 1 N–H and O–H groups in total. The molecule has 0 aromatic carbocycles. The van der Waals surface area contributed by atoms with Crippen LogP contribution in [0.4, 0.5) is 0 Å². The van der Waals surface area contributed by atoms with E-state index in [0.29, 0.717) is 6.61 Å². The standard InChI is InChI=1S/C13H28N2O2/c1-6-8-10-15(5)11-9-13(3,14-4)12(16)17-7-2/h14H,6-11H2,1-5H3. The van der Waals surface area contributed by atoms with E-state index in [1.165, 1.54) is 12.8 Å². The molecule has 0 aromatic rings. The van der Waals surface area contributed by atoms with E-state index in [9.17, 15) is 4.79 Å². The lowest BCUT2D eigenvalue weighted by molar-refractivity contribution is -0.150. The first-order valence-electron chi connectivity index (χ1n) is 6.54. The number of ether oxygens (including phenoxy) is 1. The Morgan fingerprint density at radius 2 is 2.00 bits per heavy atom. The van der Waals surface area contributed by atoms with Crippen LogP contribution in [0.1, 0.15) is 40.0 Å². The number of unbranched alkanes of at least 4 members (excludes halogenated alkanes) is 1. The van der Waals surface area contributed by atoms with Crippen LogP contribution in [0.3, 0.4) is 0 Å². The van der Waals surface area contributed by atoms with E-state index in [1.807, 2.05) is 20.9 Å². The fourth-order valence-corrected chi connectivity index (χ4v) is 1.57. The van der Waals surface area contributed by atoms with Crippen LogP contribution in [0.25, 0.3) is 0 Å². The molecule has 4 heteroatoms. The van der Waals surface area contributed by atoms with Gasteiger partial charge in [-0.05, 0) is 47.3 Å². The molecule has 0 saturated heterocycles. The third kappa shape index (κ3) is 6.03. The van der Waals surface area contributed by atoms with E-state index in [4.69, 9.17) is 4.74 Å². The van der Waals surface area contributed by atoms with Gasteiger partial charge in [0.25, 0.3) is 0 Å². The van der Waals surface area contributed by atoms with E-state index in [-0.39, 0.29) is 5.97 Å². The Labute approximate surface area is 106 Å². The van der Waals surface area contributed by atoms with E-state index >= 15 is 0 Å². The second kappa shape index (κ2) is 8.48. The van der Waals surface area contributed by atoms with E-state index in [0.717, 1.165) is 19.5 Å². The first-order chi connectivity index (χ1) is 8.00. The van der Waals surface area contributed by atoms with Gasteiger partial charge in [0.15, 0.2) is 0 Å². The van der Waals surface area contributed by atoms with Gasteiger partial charge in [0.05, 0.1) is 6.61 Å². The highest BCUT2D eigenvalue weighted by molar-refractivity contribution is 5.80. The molecule has 0 aliphatic carbocycles. The lowest BCUT2D eigenvalue weighted by Crippen LogP contribution is -2.50. The fraction of sp³-hybridized carbons (Fsp3) is 0.923. The molecule has 102 valence electrons. The van der Waals surface area contributed by atoms with Gasteiger partial charge in [-0.25, -0.2) is 0 Å². The highest BCUT2D eigenvalue weighted by Gasteiger charge is 2.32.